The van der Waals surface area contributed by atoms with E-state index in [4.69, 9.17) is 4.74 Å². The van der Waals surface area contributed by atoms with E-state index in [1.165, 1.54) is 6.42 Å². The second-order valence-corrected chi connectivity index (χ2v) is 7.65. The Balaban J connectivity index is 1.33. The number of hydrogen-bond donors (Lipinski definition) is 1. The molecule has 0 radical (unpaired) electrons. The summed E-state index contributed by atoms with van der Waals surface area (Å²) >= 11 is 0. The molecular formula is C23H25N3O3. The van der Waals surface area contributed by atoms with E-state index in [0.29, 0.717) is 11.4 Å². The molecule has 0 atom stereocenters. The highest BCUT2D eigenvalue weighted by molar-refractivity contribution is 5.92. The molecule has 0 spiro atoms. The Morgan fingerprint density at radius 3 is 2.62 bits per heavy atom. The highest BCUT2D eigenvalue weighted by Gasteiger charge is 2.21. The van der Waals surface area contributed by atoms with Crippen LogP contribution < -0.4 is 10.1 Å². The summed E-state index contributed by atoms with van der Waals surface area (Å²) in [5, 5.41) is 2.96. The molecule has 1 aliphatic carbocycles. The van der Waals surface area contributed by atoms with E-state index in [-0.39, 0.29) is 24.2 Å². The minimum absolute atomic E-state index is 0.0802. The van der Waals surface area contributed by atoms with Gasteiger partial charge in [-0.1, -0.05) is 25.3 Å². The van der Waals surface area contributed by atoms with E-state index in [9.17, 15) is 9.59 Å². The number of aryl methyl sites for hydroxylation is 1. The molecule has 150 valence electrons. The lowest BCUT2D eigenvalue weighted by Gasteiger charge is -2.20. The standard InChI is InChI=1S/C23H25N3O3/c1-16-6-5-13-26-15-19(24-22(16)26)14-21(27)29-20-11-9-18(10-12-20)25-23(28)17-7-3-2-4-8-17/h5-6,9-13,15,17H,2-4,7-8,14H2,1H3,(H,25,28). The lowest BCUT2D eigenvalue weighted by molar-refractivity contribution is -0.133. The number of benzene rings is 1. The Morgan fingerprint density at radius 2 is 1.90 bits per heavy atom. The van der Waals surface area contributed by atoms with Crippen LogP contribution in [-0.4, -0.2) is 21.3 Å². The number of anilines is 1. The van der Waals surface area contributed by atoms with Crippen molar-refractivity contribution in [2.75, 3.05) is 5.32 Å². The number of imidazole rings is 1. The van der Waals surface area contributed by atoms with Crippen molar-refractivity contribution in [1.29, 1.82) is 0 Å². The zero-order valence-corrected chi connectivity index (χ0v) is 16.6. The highest BCUT2D eigenvalue weighted by atomic mass is 16.5. The number of carbonyl (C=O) groups excluding carboxylic acids is 2. The third kappa shape index (κ3) is 4.65. The van der Waals surface area contributed by atoms with Gasteiger partial charge in [-0.2, -0.15) is 0 Å². The number of rotatable bonds is 5. The van der Waals surface area contributed by atoms with Crippen LogP contribution in [0.4, 0.5) is 5.69 Å². The van der Waals surface area contributed by atoms with Crippen LogP contribution in [0, 0.1) is 12.8 Å². The predicted molar refractivity (Wildman–Crippen MR) is 111 cm³/mol. The van der Waals surface area contributed by atoms with Crippen molar-refractivity contribution < 1.29 is 14.3 Å². The number of esters is 1. The quantitative estimate of drug-likeness (QED) is 0.520. The molecule has 0 unspecified atom stereocenters. The van der Waals surface area contributed by atoms with Gasteiger partial charge in [-0.05, 0) is 55.7 Å². The summed E-state index contributed by atoms with van der Waals surface area (Å²) in [6, 6.07) is 10.8. The second-order valence-electron chi connectivity index (χ2n) is 7.65. The smallest absolute Gasteiger partial charge is 0.317 e. The van der Waals surface area contributed by atoms with E-state index >= 15 is 0 Å². The van der Waals surface area contributed by atoms with Gasteiger partial charge < -0.3 is 14.5 Å². The molecule has 6 heteroatoms. The molecule has 4 rings (SSSR count). The summed E-state index contributed by atoms with van der Waals surface area (Å²) < 4.78 is 7.32. The molecule has 1 aliphatic rings. The molecule has 2 aromatic heterocycles. The molecule has 6 nitrogen and oxygen atoms in total. The first-order valence-corrected chi connectivity index (χ1v) is 10.1. The molecule has 0 bridgehead atoms. The number of aromatic nitrogens is 2. The van der Waals surface area contributed by atoms with Crippen molar-refractivity contribution in [3.63, 3.8) is 0 Å². The molecule has 0 aliphatic heterocycles. The highest BCUT2D eigenvalue weighted by Crippen LogP contribution is 2.25. The van der Waals surface area contributed by atoms with Gasteiger partial charge in [0.05, 0.1) is 12.1 Å². The number of nitrogens with one attached hydrogen (secondary N) is 1. The number of hydrogen-bond acceptors (Lipinski definition) is 4. The fraction of sp³-hybridized carbons (Fsp3) is 0.348. The number of pyridine rings is 1. The van der Waals surface area contributed by atoms with Crippen molar-refractivity contribution in [3.05, 3.63) is 60.0 Å². The average molecular weight is 391 g/mol. The summed E-state index contributed by atoms with van der Waals surface area (Å²) in [6.45, 7) is 1.99. The van der Waals surface area contributed by atoms with Crippen molar-refractivity contribution >= 4 is 23.2 Å². The van der Waals surface area contributed by atoms with Gasteiger partial charge in [-0.15, -0.1) is 0 Å². The lowest BCUT2D eigenvalue weighted by atomic mass is 9.88. The summed E-state index contributed by atoms with van der Waals surface area (Å²) in [5.41, 5.74) is 3.28. The van der Waals surface area contributed by atoms with Gasteiger partial charge in [0.25, 0.3) is 0 Å². The first kappa shape index (κ1) is 19.2. The lowest BCUT2D eigenvalue weighted by Crippen LogP contribution is -2.24. The van der Waals surface area contributed by atoms with E-state index < -0.39 is 0 Å². The number of amides is 1. The van der Waals surface area contributed by atoms with Gasteiger partial charge >= 0.3 is 5.97 Å². The maximum absolute atomic E-state index is 12.3. The van der Waals surface area contributed by atoms with Gasteiger partial charge in [0.15, 0.2) is 0 Å². The Labute approximate surface area is 169 Å². The van der Waals surface area contributed by atoms with Crippen molar-refractivity contribution in [2.45, 2.75) is 45.4 Å². The molecular weight excluding hydrogens is 366 g/mol. The molecule has 1 N–H and O–H groups in total. The molecule has 1 fully saturated rings. The van der Waals surface area contributed by atoms with E-state index in [1.807, 2.05) is 35.9 Å². The largest absolute Gasteiger partial charge is 0.426 e. The minimum Gasteiger partial charge on any atom is -0.426 e. The van der Waals surface area contributed by atoms with Crippen molar-refractivity contribution in [2.24, 2.45) is 5.92 Å². The minimum atomic E-state index is -0.370. The van der Waals surface area contributed by atoms with Crippen LogP contribution in [0.25, 0.3) is 5.65 Å². The normalized spacial score (nSPS) is 14.7. The zero-order chi connectivity index (χ0) is 20.2. The molecule has 0 saturated heterocycles. The maximum Gasteiger partial charge on any atom is 0.317 e. The molecule has 29 heavy (non-hydrogen) atoms. The van der Waals surface area contributed by atoms with Gasteiger partial charge in [-0.3, -0.25) is 9.59 Å². The average Bonchev–Trinajstić information content (AvgIpc) is 3.14. The van der Waals surface area contributed by atoms with Crippen molar-refractivity contribution in [3.8, 4) is 5.75 Å². The summed E-state index contributed by atoms with van der Waals surface area (Å²) in [5.74, 6) is 0.266. The van der Waals surface area contributed by atoms with Gasteiger partial charge in [0, 0.05) is 24.0 Å². The van der Waals surface area contributed by atoms with Crippen molar-refractivity contribution in [1.82, 2.24) is 9.38 Å². The Morgan fingerprint density at radius 1 is 1.14 bits per heavy atom. The van der Waals surface area contributed by atoms with E-state index in [1.54, 1.807) is 24.3 Å². The zero-order valence-electron chi connectivity index (χ0n) is 16.6. The first-order chi connectivity index (χ1) is 14.1. The van der Waals surface area contributed by atoms with Gasteiger partial charge in [0.2, 0.25) is 5.91 Å². The van der Waals surface area contributed by atoms with E-state index in [2.05, 4.69) is 10.3 Å². The van der Waals surface area contributed by atoms with E-state index in [0.717, 1.165) is 42.6 Å². The molecule has 3 aromatic rings. The molecule has 2 heterocycles. The third-order valence-electron chi connectivity index (χ3n) is 5.38. The Hall–Kier alpha value is -3.15. The first-order valence-electron chi connectivity index (χ1n) is 10.1. The van der Waals surface area contributed by atoms with Crippen LogP contribution in [0.5, 0.6) is 5.75 Å². The summed E-state index contributed by atoms with van der Waals surface area (Å²) in [4.78, 5) is 29.1. The number of nitrogens with zero attached hydrogens (tertiary/aromatic N) is 2. The van der Waals surface area contributed by atoms with Crippen LogP contribution in [0.2, 0.25) is 0 Å². The van der Waals surface area contributed by atoms with Crippen LogP contribution in [-0.2, 0) is 16.0 Å². The fourth-order valence-corrected chi connectivity index (χ4v) is 3.82. The van der Waals surface area contributed by atoms with Crippen LogP contribution in [0.1, 0.15) is 43.4 Å². The second kappa shape index (κ2) is 8.47. The molecule has 1 aromatic carbocycles. The van der Waals surface area contributed by atoms with Crippen LogP contribution in [0.3, 0.4) is 0 Å². The van der Waals surface area contributed by atoms with Gasteiger partial charge in [0.1, 0.15) is 11.4 Å². The predicted octanol–water partition coefficient (Wildman–Crippen LogP) is 4.31. The number of carbonyl (C=O) groups is 2. The van der Waals surface area contributed by atoms with Crippen LogP contribution >= 0.6 is 0 Å². The SMILES string of the molecule is Cc1cccn2cc(CC(=O)Oc3ccc(NC(=O)C4CCCCC4)cc3)nc12. The van der Waals surface area contributed by atoms with Crippen LogP contribution in [0.15, 0.2) is 48.8 Å². The monoisotopic (exact) mass is 391 g/mol. The maximum atomic E-state index is 12.3. The topological polar surface area (TPSA) is 72.7 Å². The third-order valence-corrected chi connectivity index (χ3v) is 5.38. The molecule has 1 amide bonds. The number of fused-ring (bicyclic) bond motifs is 1. The Bertz CT molecular complexity index is 1020. The fourth-order valence-electron chi connectivity index (χ4n) is 3.82. The Kier molecular flexibility index (Phi) is 5.60. The number of ether oxygens (including phenoxy) is 1. The van der Waals surface area contributed by atoms with Gasteiger partial charge in [-0.25, -0.2) is 4.98 Å². The molecule has 1 saturated carbocycles. The summed E-state index contributed by atoms with van der Waals surface area (Å²) in [6.07, 6.45) is 9.24. The summed E-state index contributed by atoms with van der Waals surface area (Å²) in [7, 11) is 0.